The number of fused-ring (bicyclic) bond motifs is 3. The van der Waals surface area contributed by atoms with Crippen molar-refractivity contribution in [1.82, 2.24) is 4.90 Å². The Labute approximate surface area is 208 Å². The highest BCUT2D eigenvalue weighted by atomic mass is 32.2. The Morgan fingerprint density at radius 2 is 1.89 bits per heavy atom. The van der Waals surface area contributed by atoms with Crippen LogP contribution in [0.1, 0.15) is 21.7 Å². The Morgan fingerprint density at radius 1 is 1.11 bits per heavy atom. The Kier molecular flexibility index (Phi) is 6.77. The lowest BCUT2D eigenvalue weighted by Gasteiger charge is -2.26. The summed E-state index contributed by atoms with van der Waals surface area (Å²) in [6.07, 6.45) is 4.92. The van der Waals surface area contributed by atoms with E-state index in [1.807, 2.05) is 6.08 Å². The average molecular weight is 515 g/mol. The highest BCUT2D eigenvalue weighted by Gasteiger charge is 2.31. The number of nitrogens with zero attached hydrogens (tertiary/aromatic N) is 2. The molecule has 5 rings (SSSR count). The second kappa shape index (κ2) is 10.1. The SMILES string of the molecule is O=C(O)c1c(N(c2ccc(F)cc2C=CCN2CCOCC2)[SH](=O)=O)ccc2c1OCc1occc1-2. The smallest absolute Gasteiger partial charge is 0.341 e. The fourth-order valence-electron chi connectivity index (χ4n) is 4.42. The topological polar surface area (TPSA) is 110 Å². The Balaban J connectivity index is 1.58. The van der Waals surface area contributed by atoms with E-state index in [4.69, 9.17) is 13.9 Å². The summed E-state index contributed by atoms with van der Waals surface area (Å²) in [5.74, 6) is -1.32. The molecule has 1 saturated heterocycles. The van der Waals surface area contributed by atoms with Gasteiger partial charge in [0.15, 0.2) is 0 Å². The molecule has 2 aromatic carbocycles. The molecule has 11 heteroatoms. The van der Waals surface area contributed by atoms with Gasteiger partial charge in [-0.1, -0.05) is 12.2 Å². The number of halogens is 1. The van der Waals surface area contributed by atoms with Crippen LogP contribution in [0, 0.1) is 5.82 Å². The maximum Gasteiger partial charge on any atom is 0.341 e. The second-order valence-electron chi connectivity index (χ2n) is 8.26. The summed E-state index contributed by atoms with van der Waals surface area (Å²) < 4.78 is 56.5. The quantitative estimate of drug-likeness (QED) is 0.460. The average Bonchev–Trinajstić information content (AvgIpc) is 3.35. The van der Waals surface area contributed by atoms with Gasteiger partial charge in [0.05, 0.1) is 30.9 Å². The van der Waals surface area contributed by atoms with Crippen LogP contribution >= 0.6 is 0 Å². The van der Waals surface area contributed by atoms with Crippen LogP contribution in [0.5, 0.6) is 5.75 Å². The van der Waals surface area contributed by atoms with Crippen LogP contribution in [0.3, 0.4) is 0 Å². The maximum absolute atomic E-state index is 14.2. The van der Waals surface area contributed by atoms with Crippen molar-refractivity contribution in [2.24, 2.45) is 0 Å². The highest BCUT2D eigenvalue weighted by Crippen LogP contribution is 2.45. The number of furan rings is 1. The van der Waals surface area contributed by atoms with Gasteiger partial charge in [0, 0.05) is 36.3 Å². The minimum Gasteiger partial charge on any atom is -0.484 e. The van der Waals surface area contributed by atoms with Crippen LogP contribution in [-0.2, 0) is 22.2 Å². The number of anilines is 2. The van der Waals surface area contributed by atoms with E-state index in [1.165, 1.54) is 24.5 Å². The van der Waals surface area contributed by atoms with Gasteiger partial charge in [-0.2, -0.15) is 0 Å². The minimum atomic E-state index is -3.35. The normalized spacial score (nSPS) is 15.5. The van der Waals surface area contributed by atoms with Crippen molar-refractivity contribution >= 4 is 34.3 Å². The maximum atomic E-state index is 14.2. The highest BCUT2D eigenvalue weighted by molar-refractivity contribution is 7.74. The van der Waals surface area contributed by atoms with E-state index >= 15 is 0 Å². The number of carboxylic acid groups (broad SMARTS) is 1. The number of hydrogen-bond donors (Lipinski definition) is 2. The monoisotopic (exact) mass is 514 g/mol. The zero-order valence-corrected chi connectivity index (χ0v) is 19.9. The zero-order valence-electron chi connectivity index (χ0n) is 19.1. The van der Waals surface area contributed by atoms with Gasteiger partial charge in [0.1, 0.15) is 29.5 Å². The molecule has 36 heavy (non-hydrogen) atoms. The molecular weight excluding hydrogens is 491 g/mol. The molecule has 3 heterocycles. The molecule has 0 spiro atoms. The van der Waals surface area contributed by atoms with Crippen LogP contribution in [0.2, 0.25) is 0 Å². The molecule has 0 bridgehead atoms. The summed E-state index contributed by atoms with van der Waals surface area (Å²) >= 11 is 0. The third-order valence-corrected chi connectivity index (χ3v) is 6.86. The molecule has 9 nitrogen and oxygen atoms in total. The van der Waals surface area contributed by atoms with Crippen molar-refractivity contribution in [3.63, 3.8) is 0 Å². The lowest BCUT2D eigenvalue weighted by atomic mass is 9.98. The summed E-state index contributed by atoms with van der Waals surface area (Å²) in [6.45, 7) is 3.35. The Morgan fingerprint density at radius 3 is 2.64 bits per heavy atom. The lowest BCUT2D eigenvalue weighted by Crippen LogP contribution is -2.36. The molecule has 1 fully saturated rings. The van der Waals surface area contributed by atoms with Crippen molar-refractivity contribution in [3.8, 4) is 16.9 Å². The zero-order chi connectivity index (χ0) is 25.2. The first-order valence-corrected chi connectivity index (χ1v) is 12.4. The van der Waals surface area contributed by atoms with Crippen LogP contribution in [-0.4, -0.2) is 57.2 Å². The van der Waals surface area contributed by atoms with E-state index in [-0.39, 0.29) is 34.9 Å². The first-order valence-electron chi connectivity index (χ1n) is 11.2. The number of benzene rings is 2. The van der Waals surface area contributed by atoms with Gasteiger partial charge in [-0.3, -0.25) is 4.90 Å². The number of carbonyl (C=O) groups is 1. The molecule has 0 aliphatic carbocycles. The van der Waals surface area contributed by atoms with Gasteiger partial charge >= 0.3 is 5.97 Å². The molecule has 0 amide bonds. The van der Waals surface area contributed by atoms with Gasteiger partial charge in [-0.05, 0) is 36.4 Å². The predicted octanol–water partition coefficient (Wildman–Crippen LogP) is 3.69. The van der Waals surface area contributed by atoms with E-state index in [0.29, 0.717) is 36.6 Å². The van der Waals surface area contributed by atoms with Crippen molar-refractivity contribution in [2.75, 3.05) is 37.2 Å². The third kappa shape index (κ3) is 4.60. The molecule has 1 aromatic heterocycles. The number of ether oxygens (including phenoxy) is 2. The molecule has 0 saturated carbocycles. The summed E-state index contributed by atoms with van der Waals surface area (Å²) in [5.41, 5.74) is 1.14. The van der Waals surface area contributed by atoms with E-state index in [1.54, 1.807) is 18.2 Å². The standard InChI is InChI=1S/C25H23FN2O7S/c26-17-3-5-20(16(14-17)2-1-8-27-9-12-33-13-10-27)28(36(31)32)21-6-4-19-18-7-11-34-22(18)15-35-24(19)23(21)25(29)30/h1-7,11,14,36H,8-10,12-13,15H2,(H,29,30). The minimum absolute atomic E-state index is 0.00859. The molecule has 1 N–H and O–H groups in total. The molecule has 0 unspecified atom stereocenters. The second-order valence-corrected chi connectivity index (χ2v) is 9.13. The van der Waals surface area contributed by atoms with Gasteiger partial charge in [0.2, 0.25) is 10.9 Å². The molecule has 0 radical (unpaired) electrons. The summed E-state index contributed by atoms with van der Waals surface area (Å²) in [5, 5.41) is 10.1. The van der Waals surface area contributed by atoms with Crippen LogP contribution in [0.25, 0.3) is 17.2 Å². The number of morpholine rings is 1. The molecular formula is C25H23FN2O7S. The number of carboxylic acids is 1. The van der Waals surface area contributed by atoms with E-state index < -0.39 is 22.7 Å². The van der Waals surface area contributed by atoms with Crippen molar-refractivity contribution in [2.45, 2.75) is 6.61 Å². The first-order chi connectivity index (χ1) is 17.4. The number of rotatable bonds is 7. The van der Waals surface area contributed by atoms with Crippen LogP contribution in [0.4, 0.5) is 15.8 Å². The largest absolute Gasteiger partial charge is 0.484 e. The van der Waals surface area contributed by atoms with Gasteiger partial charge < -0.3 is 19.0 Å². The van der Waals surface area contributed by atoms with Crippen LogP contribution in [0.15, 0.2) is 53.2 Å². The van der Waals surface area contributed by atoms with Gasteiger partial charge in [0.25, 0.3) is 0 Å². The first kappa shape index (κ1) is 24.0. The Bertz CT molecular complexity index is 1400. The van der Waals surface area contributed by atoms with Gasteiger partial charge in [-0.15, -0.1) is 0 Å². The van der Waals surface area contributed by atoms with Gasteiger partial charge in [-0.25, -0.2) is 21.9 Å². The molecule has 2 aliphatic heterocycles. The molecule has 0 atom stereocenters. The molecule has 188 valence electrons. The Hall–Kier alpha value is -3.67. The summed E-state index contributed by atoms with van der Waals surface area (Å²) in [6, 6.07) is 8.36. The van der Waals surface area contributed by atoms with Crippen molar-refractivity contribution < 1.29 is 36.6 Å². The third-order valence-electron chi connectivity index (χ3n) is 6.11. The van der Waals surface area contributed by atoms with Crippen LogP contribution < -0.4 is 9.04 Å². The van der Waals surface area contributed by atoms with E-state index in [9.17, 15) is 22.7 Å². The molecule has 3 aromatic rings. The van der Waals surface area contributed by atoms with E-state index in [2.05, 4.69) is 4.90 Å². The number of hydrogen-bond acceptors (Lipinski definition) is 7. The number of aromatic carboxylic acids is 1. The lowest BCUT2D eigenvalue weighted by molar-refractivity contribution is 0.0435. The fraction of sp³-hybridized carbons (Fsp3) is 0.240. The molecule has 2 aliphatic rings. The van der Waals surface area contributed by atoms with E-state index in [0.717, 1.165) is 23.5 Å². The summed E-state index contributed by atoms with van der Waals surface area (Å²) in [4.78, 5) is 14.5. The number of thiol groups is 1. The van der Waals surface area contributed by atoms with Crippen molar-refractivity contribution in [1.29, 1.82) is 0 Å². The fourth-order valence-corrected chi connectivity index (χ4v) is 5.12. The van der Waals surface area contributed by atoms with Crippen molar-refractivity contribution in [3.05, 3.63) is 71.4 Å². The summed E-state index contributed by atoms with van der Waals surface area (Å²) in [7, 11) is -3.35. The predicted molar refractivity (Wildman–Crippen MR) is 131 cm³/mol.